The number of carbonyl (C=O) groups excluding carboxylic acids is 2. The van der Waals surface area contributed by atoms with E-state index in [-0.39, 0.29) is 0 Å². The van der Waals surface area contributed by atoms with Gasteiger partial charge in [-0.05, 0) is 12.1 Å². The molecule has 0 saturated carbocycles. The number of esters is 1. The van der Waals surface area contributed by atoms with Gasteiger partial charge < -0.3 is 4.74 Å². The van der Waals surface area contributed by atoms with Crippen LogP contribution in [0.25, 0.3) is 10.2 Å². The number of nitrogens with zero attached hydrogens (tertiary/aromatic N) is 1. The molecule has 0 atom stereocenters. The summed E-state index contributed by atoms with van der Waals surface area (Å²) in [5.74, 6) is -0.00694. The normalized spacial score (nSPS) is 10.2. The van der Waals surface area contributed by atoms with Crippen LogP contribution in [-0.2, 0) is 4.79 Å². The first kappa shape index (κ1) is 9.79. The molecule has 0 unspecified atom stereocenters. The van der Waals surface area contributed by atoms with Crippen LogP contribution in [0.2, 0.25) is 0 Å². The zero-order chi connectivity index (χ0) is 10.8. The molecular weight excluding hydrogens is 214 g/mol. The van der Waals surface area contributed by atoms with Crippen LogP contribution in [0.3, 0.4) is 0 Å². The molecule has 5 heteroatoms. The third-order valence-electron chi connectivity index (χ3n) is 1.75. The van der Waals surface area contributed by atoms with Gasteiger partial charge in [-0.15, -0.1) is 11.3 Å². The molecule has 0 fully saturated rings. The van der Waals surface area contributed by atoms with Crippen molar-refractivity contribution in [3.8, 4) is 5.75 Å². The van der Waals surface area contributed by atoms with Gasteiger partial charge in [-0.3, -0.25) is 9.59 Å². The summed E-state index contributed by atoms with van der Waals surface area (Å²) in [6.45, 7) is 1.33. The van der Waals surface area contributed by atoms with Gasteiger partial charge >= 0.3 is 5.97 Å². The van der Waals surface area contributed by atoms with E-state index < -0.39 is 5.97 Å². The molecule has 0 radical (unpaired) electrons. The summed E-state index contributed by atoms with van der Waals surface area (Å²) in [5, 5.41) is 0.379. The first-order valence-corrected chi connectivity index (χ1v) is 5.05. The van der Waals surface area contributed by atoms with Gasteiger partial charge in [0.2, 0.25) is 0 Å². The van der Waals surface area contributed by atoms with E-state index in [1.807, 2.05) is 6.07 Å². The van der Waals surface area contributed by atoms with Gasteiger partial charge in [-0.25, -0.2) is 4.98 Å². The highest BCUT2D eigenvalue weighted by atomic mass is 32.1. The largest absolute Gasteiger partial charge is 0.424 e. The molecule has 0 amide bonds. The topological polar surface area (TPSA) is 56.3 Å². The fourth-order valence-electron chi connectivity index (χ4n) is 1.23. The minimum absolute atomic E-state index is 0.379. The zero-order valence-corrected chi connectivity index (χ0v) is 8.71. The van der Waals surface area contributed by atoms with Gasteiger partial charge in [-0.2, -0.15) is 0 Å². The zero-order valence-electron chi connectivity index (χ0n) is 7.89. The van der Waals surface area contributed by atoms with E-state index in [1.54, 1.807) is 12.1 Å². The van der Waals surface area contributed by atoms with Gasteiger partial charge in [0, 0.05) is 6.92 Å². The maximum absolute atomic E-state index is 10.8. The highest BCUT2D eigenvalue weighted by molar-refractivity contribution is 7.20. The molecule has 0 aliphatic carbocycles. The van der Waals surface area contributed by atoms with E-state index in [9.17, 15) is 9.59 Å². The van der Waals surface area contributed by atoms with Crippen molar-refractivity contribution in [1.82, 2.24) is 4.98 Å². The molecule has 0 bridgehead atoms. The molecule has 0 spiro atoms. The van der Waals surface area contributed by atoms with Crippen LogP contribution >= 0.6 is 11.3 Å². The van der Waals surface area contributed by atoms with Crippen molar-refractivity contribution in [1.29, 1.82) is 0 Å². The molecule has 0 aliphatic heterocycles. The molecule has 0 aliphatic rings. The number of para-hydroxylation sites is 1. The van der Waals surface area contributed by atoms with E-state index in [4.69, 9.17) is 4.74 Å². The van der Waals surface area contributed by atoms with E-state index in [2.05, 4.69) is 4.98 Å². The van der Waals surface area contributed by atoms with Crippen LogP contribution in [-0.4, -0.2) is 17.2 Å². The Bertz CT molecular complexity index is 532. The third-order valence-corrected chi connectivity index (χ3v) is 2.70. The second-order valence-electron chi connectivity index (χ2n) is 2.87. The quantitative estimate of drug-likeness (QED) is 0.442. The Morgan fingerprint density at radius 3 is 3.00 bits per heavy atom. The minimum atomic E-state index is -0.400. The smallest absolute Gasteiger partial charge is 0.308 e. The number of rotatable bonds is 2. The fourth-order valence-corrected chi connectivity index (χ4v) is 2.03. The number of hydrogen-bond acceptors (Lipinski definition) is 5. The van der Waals surface area contributed by atoms with Gasteiger partial charge in [0.15, 0.2) is 17.0 Å². The molecule has 0 saturated heterocycles. The number of fused-ring (bicyclic) bond motifs is 1. The maximum atomic E-state index is 10.8. The summed E-state index contributed by atoms with van der Waals surface area (Å²) in [4.78, 5) is 25.4. The summed E-state index contributed by atoms with van der Waals surface area (Å²) in [5.41, 5.74) is 0.555. The number of aldehydes is 1. The predicted octanol–water partition coefficient (Wildman–Crippen LogP) is 2.03. The number of hydrogen-bond donors (Lipinski definition) is 0. The summed E-state index contributed by atoms with van der Waals surface area (Å²) >= 11 is 1.27. The van der Waals surface area contributed by atoms with Gasteiger partial charge in [-0.1, -0.05) is 6.07 Å². The van der Waals surface area contributed by atoms with Crippen LogP contribution in [0.4, 0.5) is 0 Å². The van der Waals surface area contributed by atoms with Crippen LogP contribution < -0.4 is 4.74 Å². The van der Waals surface area contributed by atoms with Gasteiger partial charge in [0.05, 0.1) is 4.70 Å². The van der Waals surface area contributed by atoms with Crippen molar-refractivity contribution >= 4 is 33.8 Å². The molecule has 2 aromatic rings. The number of aromatic nitrogens is 1. The van der Waals surface area contributed by atoms with Crippen molar-refractivity contribution < 1.29 is 14.3 Å². The van der Waals surface area contributed by atoms with E-state index in [0.717, 1.165) is 4.70 Å². The Balaban J connectivity index is 2.58. The van der Waals surface area contributed by atoms with Crippen molar-refractivity contribution in [2.45, 2.75) is 6.92 Å². The Hall–Kier alpha value is -1.75. The SMILES string of the molecule is CC(=O)Oc1cccc2sc(C=O)nc12. The molecule has 1 heterocycles. The average Bonchev–Trinajstić information content (AvgIpc) is 2.61. The Morgan fingerprint density at radius 2 is 2.33 bits per heavy atom. The average molecular weight is 221 g/mol. The number of thiazole rings is 1. The predicted molar refractivity (Wildman–Crippen MR) is 56.3 cm³/mol. The molecule has 1 aromatic carbocycles. The van der Waals surface area contributed by atoms with Crippen LogP contribution in [0.5, 0.6) is 5.75 Å². The summed E-state index contributed by atoms with van der Waals surface area (Å²) in [6.07, 6.45) is 0.683. The lowest BCUT2D eigenvalue weighted by atomic mass is 10.3. The second kappa shape index (κ2) is 3.78. The molecular formula is C10H7NO3S. The molecule has 0 N–H and O–H groups in total. The summed E-state index contributed by atoms with van der Waals surface area (Å²) in [7, 11) is 0. The highest BCUT2D eigenvalue weighted by Crippen LogP contribution is 2.29. The number of ether oxygens (including phenoxy) is 1. The lowest BCUT2D eigenvalue weighted by Crippen LogP contribution is -2.01. The highest BCUT2D eigenvalue weighted by Gasteiger charge is 2.09. The van der Waals surface area contributed by atoms with Crippen molar-refractivity contribution in [3.05, 3.63) is 23.2 Å². The van der Waals surface area contributed by atoms with Crippen LogP contribution in [0.15, 0.2) is 18.2 Å². The lowest BCUT2D eigenvalue weighted by molar-refractivity contribution is -0.131. The first-order valence-electron chi connectivity index (χ1n) is 4.24. The Morgan fingerprint density at radius 1 is 1.53 bits per heavy atom. The summed E-state index contributed by atoms with van der Waals surface area (Å²) < 4.78 is 5.80. The maximum Gasteiger partial charge on any atom is 0.308 e. The molecule has 1 aromatic heterocycles. The van der Waals surface area contributed by atoms with Crippen molar-refractivity contribution in [2.75, 3.05) is 0 Å². The lowest BCUT2D eigenvalue weighted by Gasteiger charge is -2.00. The van der Waals surface area contributed by atoms with E-state index in [1.165, 1.54) is 18.3 Å². The van der Waals surface area contributed by atoms with E-state index >= 15 is 0 Å². The van der Waals surface area contributed by atoms with Gasteiger partial charge in [0.1, 0.15) is 5.52 Å². The first-order chi connectivity index (χ1) is 7.20. The number of carbonyl (C=O) groups is 2. The summed E-state index contributed by atoms with van der Waals surface area (Å²) in [6, 6.07) is 5.23. The van der Waals surface area contributed by atoms with Crippen LogP contribution in [0.1, 0.15) is 16.7 Å². The number of benzene rings is 1. The molecule has 2 rings (SSSR count). The van der Waals surface area contributed by atoms with Crippen molar-refractivity contribution in [3.63, 3.8) is 0 Å². The minimum Gasteiger partial charge on any atom is -0.424 e. The van der Waals surface area contributed by atoms with Gasteiger partial charge in [0.25, 0.3) is 0 Å². The standard InChI is InChI=1S/C10H7NO3S/c1-6(13)14-7-3-2-4-8-10(7)11-9(5-12)15-8/h2-5H,1H3. The Labute approximate surface area is 89.5 Å². The second-order valence-corrected chi connectivity index (χ2v) is 3.93. The van der Waals surface area contributed by atoms with Crippen molar-refractivity contribution in [2.24, 2.45) is 0 Å². The fraction of sp³-hybridized carbons (Fsp3) is 0.100. The van der Waals surface area contributed by atoms with Crippen LogP contribution in [0, 0.1) is 0 Å². The third kappa shape index (κ3) is 1.87. The molecule has 4 nitrogen and oxygen atoms in total. The molecule has 15 heavy (non-hydrogen) atoms. The van der Waals surface area contributed by atoms with E-state index in [0.29, 0.717) is 22.6 Å². The monoisotopic (exact) mass is 221 g/mol. The Kier molecular flexibility index (Phi) is 2.47. The molecule has 76 valence electrons.